The second-order valence-corrected chi connectivity index (χ2v) is 11.5. The lowest BCUT2D eigenvalue weighted by atomic mass is 9.95. The first-order valence-corrected chi connectivity index (χ1v) is 14.6. The Hall–Kier alpha value is -2.91. The normalized spacial score (nSPS) is 17.9. The van der Waals surface area contributed by atoms with Gasteiger partial charge in [-0.25, -0.2) is 9.37 Å². The molecule has 3 heterocycles. The second-order valence-electron chi connectivity index (χ2n) is 11.5. The lowest BCUT2D eigenvalue weighted by Gasteiger charge is -2.27. The van der Waals surface area contributed by atoms with Gasteiger partial charge in [0.15, 0.2) is 11.6 Å². The van der Waals surface area contributed by atoms with Crippen LogP contribution in [0, 0.1) is 5.82 Å². The van der Waals surface area contributed by atoms with Crippen molar-refractivity contribution in [1.82, 2.24) is 9.88 Å². The van der Waals surface area contributed by atoms with Crippen molar-refractivity contribution >= 4 is 17.5 Å². The van der Waals surface area contributed by atoms with E-state index in [0.29, 0.717) is 25.3 Å². The number of ether oxygens (including phenoxy) is 2. The van der Waals surface area contributed by atoms with Crippen LogP contribution in [0.15, 0.2) is 18.2 Å². The lowest BCUT2D eigenvalue weighted by Crippen LogP contribution is -2.34. The summed E-state index contributed by atoms with van der Waals surface area (Å²) in [5, 5.41) is 13.6. The first-order chi connectivity index (χ1) is 19.2. The first-order valence-electron chi connectivity index (χ1n) is 14.6. The minimum atomic E-state index is -1.01. The maximum Gasteiger partial charge on any atom is 0.325 e. The minimum absolute atomic E-state index is 0.00284. The Morgan fingerprint density at radius 1 is 1.25 bits per heavy atom. The molecule has 220 valence electrons. The Labute approximate surface area is 237 Å². The number of hydrogen-bond acceptors (Lipinski definition) is 7. The van der Waals surface area contributed by atoms with Gasteiger partial charge in [0.05, 0.1) is 13.2 Å². The quantitative estimate of drug-likeness (QED) is 0.317. The third-order valence-electron chi connectivity index (χ3n) is 8.00. The van der Waals surface area contributed by atoms with Gasteiger partial charge in [-0.15, -0.1) is 0 Å². The van der Waals surface area contributed by atoms with E-state index in [9.17, 15) is 14.3 Å². The van der Waals surface area contributed by atoms with Gasteiger partial charge in [0, 0.05) is 62.8 Å². The number of likely N-dealkylation sites (tertiary alicyclic amines) is 1. The van der Waals surface area contributed by atoms with E-state index in [0.717, 1.165) is 68.6 Å². The zero-order valence-corrected chi connectivity index (χ0v) is 24.6. The van der Waals surface area contributed by atoms with Crippen LogP contribution in [0.5, 0.6) is 5.75 Å². The van der Waals surface area contributed by atoms with Crippen molar-refractivity contribution in [2.24, 2.45) is 0 Å². The predicted octanol–water partition coefficient (Wildman–Crippen LogP) is 5.41. The van der Waals surface area contributed by atoms with E-state index in [1.54, 1.807) is 6.07 Å². The zero-order valence-electron chi connectivity index (χ0n) is 24.6. The summed E-state index contributed by atoms with van der Waals surface area (Å²) >= 11 is 0. The number of carboxylic acid groups (broad SMARTS) is 1. The number of aromatic nitrogens is 1. The number of fused-ring (bicyclic) bond motifs is 1. The fraction of sp³-hybridized carbons (Fsp3) is 0.613. The fourth-order valence-electron chi connectivity index (χ4n) is 5.84. The number of carboxylic acids is 1. The van der Waals surface area contributed by atoms with E-state index < -0.39 is 17.8 Å². The van der Waals surface area contributed by atoms with Gasteiger partial charge in [0.2, 0.25) is 0 Å². The molecule has 2 atom stereocenters. The Balaban J connectivity index is 1.27. The number of nitrogens with one attached hydrogen (secondary N) is 1. The Morgan fingerprint density at radius 2 is 2.05 bits per heavy atom. The molecular formula is C31H45FN4O4. The number of pyridine rings is 1. The molecule has 9 heteroatoms. The smallest absolute Gasteiger partial charge is 0.325 e. The summed E-state index contributed by atoms with van der Waals surface area (Å²) in [5.41, 5.74) is 4.82. The molecule has 0 radical (unpaired) electrons. The van der Waals surface area contributed by atoms with Gasteiger partial charge in [0.25, 0.3) is 0 Å². The first kappa shape index (κ1) is 30.1. The van der Waals surface area contributed by atoms with Crippen LogP contribution in [0.25, 0.3) is 0 Å². The topological polar surface area (TPSA) is 87.2 Å². The highest BCUT2D eigenvalue weighted by molar-refractivity contribution is 5.77. The van der Waals surface area contributed by atoms with Gasteiger partial charge in [-0.05, 0) is 68.2 Å². The van der Waals surface area contributed by atoms with E-state index >= 15 is 0 Å². The number of nitrogens with zero attached hydrogens (tertiary/aromatic N) is 3. The number of aliphatic carboxylic acids is 1. The Morgan fingerprint density at radius 3 is 2.75 bits per heavy atom. The van der Waals surface area contributed by atoms with Crippen LogP contribution in [0.4, 0.5) is 15.9 Å². The summed E-state index contributed by atoms with van der Waals surface area (Å²) in [5.74, 6) is -0.428. The lowest BCUT2D eigenvalue weighted by molar-refractivity contribution is -0.143. The van der Waals surface area contributed by atoms with Gasteiger partial charge in [-0.1, -0.05) is 20.3 Å². The van der Waals surface area contributed by atoms with Crippen molar-refractivity contribution in [2.75, 3.05) is 57.7 Å². The molecule has 1 unspecified atom stereocenters. The molecule has 1 aromatic heterocycles. The Bertz CT molecular complexity index is 1170. The molecule has 40 heavy (non-hydrogen) atoms. The highest BCUT2D eigenvalue weighted by Gasteiger charge is 2.36. The van der Waals surface area contributed by atoms with Crippen molar-refractivity contribution in [3.8, 4) is 5.75 Å². The van der Waals surface area contributed by atoms with Crippen LogP contribution in [0.1, 0.15) is 80.3 Å². The number of hydrogen-bond donors (Lipinski definition) is 2. The third kappa shape index (κ3) is 7.04. The van der Waals surface area contributed by atoms with E-state index in [-0.39, 0.29) is 17.8 Å². The van der Waals surface area contributed by atoms with E-state index in [4.69, 9.17) is 14.5 Å². The predicted molar refractivity (Wildman–Crippen MR) is 156 cm³/mol. The van der Waals surface area contributed by atoms with Gasteiger partial charge >= 0.3 is 5.97 Å². The molecule has 0 amide bonds. The number of methoxy groups -OCH3 is 1. The standard InChI is InChI=1S/C31H45FN4O4/c1-20(2)21-16-25(29(39-5)26(32)17-21)28(31(37)38)36-14-12-23(19-36)40-15-8-6-7-10-22-18-27(35(3)4)24-11-9-13-33-30(24)34-22/h16-18,20,23,28H,6-15,19H2,1-5H3,(H,33,34)(H,37,38)/t23-,28?/m1/s1. The highest BCUT2D eigenvalue weighted by Crippen LogP contribution is 2.37. The van der Waals surface area contributed by atoms with E-state index in [2.05, 4.69) is 30.4 Å². The van der Waals surface area contributed by atoms with Crippen molar-refractivity contribution < 1.29 is 23.8 Å². The Kier molecular flexibility index (Phi) is 10.2. The van der Waals surface area contributed by atoms with Gasteiger partial charge in [-0.2, -0.15) is 0 Å². The number of aryl methyl sites for hydroxylation is 1. The summed E-state index contributed by atoms with van der Waals surface area (Å²) in [4.78, 5) is 21.3. The largest absolute Gasteiger partial charge is 0.493 e. The molecule has 0 spiro atoms. The van der Waals surface area contributed by atoms with Crippen LogP contribution in [-0.4, -0.2) is 74.5 Å². The molecule has 1 saturated heterocycles. The maximum atomic E-state index is 14.8. The molecule has 2 aromatic rings. The molecular weight excluding hydrogens is 511 g/mol. The van der Waals surface area contributed by atoms with Crippen molar-refractivity contribution in [3.63, 3.8) is 0 Å². The van der Waals surface area contributed by atoms with Crippen LogP contribution in [-0.2, 0) is 22.4 Å². The molecule has 0 bridgehead atoms. The summed E-state index contributed by atoms with van der Waals surface area (Å²) in [6.07, 6.45) is 6.87. The molecule has 0 aliphatic carbocycles. The highest BCUT2D eigenvalue weighted by atomic mass is 19.1. The number of anilines is 2. The average molecular weight is 557 g/mol. The summed E-state index contributed by atoms with van der Waals surface area (Å²) < 4.78 is 26.2. The molecule has 0 saturated carbocycles. The van der Waals surface area contributed by atoms with Gasteiger partial charge < -0.3 is 24.8 Å². The van der Waals surface area contributed by atoms with Gasteiger partial charge in [0.1, 0.15) is 11.9 Å². The number of benzene rings is 1. The third-order valence-corrected chi connectivity index (χ3v) is 8.00. The van der Waals surface area contributed by atoms with Crippen LogP contribution < -0.4 is 15.0 Å². The number of unbranched alkanes of at least 4 members (excludes halogenated alkanes) is 2. The van der Waals surface area contributed by atoms with Crippen molar-refractivity contribution in [3.05, 3.63) is 46.4 Å². The van der Waals surface area contributed by atoms with E-state index in [1.165, 1.54) is 24.4 Å². The van der Waals surface area contributed by atoms with Crippen molar-refractivity contribution in [2.45, 2.75) is 76.9 Å². The SMILES string of the molecule is COc1c(F)cc(C(C)C)cc1C(C(=O)O)N1CC[C@@H](OCCCCCc2cc(N(C)C)c3c(n2)NCCC3)C1. The van der Waals surface area contributed by atoms with Crippen LogP contribution >= 0.6 is 0 Å². The van der Waals surface area contributed by atoms with Crippen molar-refractivity contribution in [1.29, 1.82) is 0 Å². The molecule has 2 aliphatic heterocycles. The minimum Gasteiger partial charge on any atom is -0.493 e. The summed E-state index contributed by atoms with van der Waals surface area (Å²) in [7, 11) is 5.56. The summed E-state index contributed by atoms with van der Waals surface area (Å²) in [6, 6.07) is 4.45. The molecule has 1 fully saturated rings. The van der Waals surface area contributed by atoms with Crippen LogP contribution in [0.2, 0.25) is 0 Å². The van der Waals surface area contributed by atoms with Gasteiger partial charge in [-0.3, -0.25) is 9.69 Å². The number of halogens is 1. The summed E-state index contributed by atoms with van der Waals surface area (Å²) in [6.45, 7) is 6.61. The molecule has 1 aromatic carbocycles. The maximum absolute atomic E-state index is 14.8. The fourth-order valence-corrected chi connectivity index (χ4v) is 5.84. The van der Waals surface area contributed by atoms with Crippen LogP contribution in [0.3, 0.4) is 0 Å². The monoisotopic (exact) mass is 556 g/mol. The molecule has 2 aliphatic rings. The zero-order chi connectivity index (χ0) is 28.8. The molecule has 2 N–H and O–H groups in total. The second kappa shape index (κ2) is 13.6. The van der Waals surface area contributed by atoms with E-state index in [1.807, 2.05) is 18.7 Å². The molecule has 4 rings (SSSR count). The molecule has 8 nitrogen and oxygen atoms in total. The number of rotatable bonds is 13. The number of carbonyl (C=O) groups is 1. The average Bonchev–Trinajstić information content (AvgIpc) is 3.37.